The van der Waals surface area contributed by atoms with Crippen molar-refractivity contribution in [3.05, 3.63) is 77.7 Å². The third-order valence-electron chi connectivity index (χ3n) is 4.28. The fourth-order valence-corrected chi connectivity index (χ4v) is 2.87. The lowest BCUT2D eigenvalue weighted by atomic mass is 10.1. The van der Waals surface area contributed by atoms with E-state index in [9.17, 15) is 18.0 Å². The zero-order valence-electron chi connectivity index (χ0n) is 16.6. The molecule has 6 nitrogen and oxygen atoms in total. The number of rotatable bonds is 9. The van der Waals surface area contributed by atoms with Gasteiger partial charge in [0.2, 0.25) is 0 Å². The fourth-order valence-electron chi connectivity index (χ4n) is 2.87. The number of aromatic nitrogens is 1. The highest BCUT2D eigenvalue weighted by Crippen LogP contribution is 2.29. The van der Waals surface area contributed by atoms with Crippen molar-refractivity contribution in [1.82, 2.24) is 10.3 Å². The van der Waals surface area contributed by atoms with Crippen LogP contribution < -0.4 is 20.1 Å². The molecule has 0 unspecified atom stereocenters. The van der Waals surface area contributed by atoms with Crippen molar-refractivity contribution in [1.29, 1.82) is 0 Å². The molecule has 0 atom stereocenters. The Morgan fingerprint density at radius 1 is 1.10 bits per heavy atom. The molecule has 0 aliphatic rings. The molecule has 0 fully saturated rings. The van der Waals surface area contributed by atoms with E-state index in [2.05, 4.69) is 20.4 Å². The molecular weight excluding hydrogens is 411 g/mol. The lowest BCUT2D eigenvalue weighted by molar-refractivity contribution is -0.0512. The summed E-state index contributed by atoms with van der Waals surface area (Å²) in [6.45, 7) is -2.73. The van der Waals surface area contributed by atoms with Crippen LogP contribution in [-0.4, -0.2) is 31.2 Å². The molecule has 1 heterocycles. The van der Waals surface area contributed by atoms with E-state index in [1.165, 1.54) is 37.6 Å². The van der Waals surface area contributed by atoms with Crippen molar-refractivity contribution in [3.8, 4) is 11.5 Å². The van der Waals surface area contributed by atoms with Gasteiger partial charge in [0.15, 0.2) is 11.5 Å². The van der Waals surface area contributed by atoms with Crippen molar-refractivity contribution in [2.75, 3.05) is 19.0 Å². The van der Waals surface area contributed by atoms with Gasteiger partial charge in [-0.3, -0.25) is 4.79 Å². The third kappa shape index (κ3) is 6.11. The number of amides is 1. The molecule has 31 heavy (non-hydrogen) atoms. The molecule has 0 saturated heterocycles. The number of methoxy groups -OCH3 is 1. The van der Waals surface area contributed by atoms with Gasteiger partial charge in [0, 0.05) is 18.4 Å². The number of alkyl halides is 2. The topological polar surface area (TPSA) is 72.5 Å². The Kier molecular flexibility index (Phi) is 7.31. The Balaban J connectivity index is 1.64. The van der Waals surface area contributed by atoms with Gasteiger partial charge in [0.1, 0.15) is 11.6 Å². The fraction of sp³-hybridized carbons (Fsp3) is 0.182. The van der Waals surface area contributed by atoms with E-state index in [1.807, 2.05) is 0 Å². The molecule has 0 bridgehead atoms. The van der Waals surface area contributed by atoms with E-state index in [0.717, 1.165) is 0 Å². The zero-order valence-corrected chi connectivity index (χ0v) is 16.6. The number of nitrogens with one attached hydrogen (secondary N) is 2. The Morgan fingerprint density at radius 3 is 2.68 bits per heavy atom. The van der Waals surface area contributed by atoms with Crippen LogP contribution >= 0.6 is 0 Å². The number of carbonyl (C=O) groups excluding carboxylic acids is 1. The van der Waals surface area contributed by atoms with Crippen LogP contribution in [0.5, 0.6) is 11.5 Å². The van der Waals surface area contributed by atoms with Crippen molar-refractivity contribution in [3.63, 3.8) is 0 Å². The van der Waals surface area contributed by atoms with Crippen LogP contribution in [0.2, 0.25) is 0 Å². The molecule has 0 aliphatic carbocycles. The summed E-state index contributed by atoms with van der Waals surface area (Å²) in [5, 5.41) is 5.69. The van der Waals surface area contributed by atoms with Gasteiger partial charge in [-0.1, -0.05) is 12.1 Å². The van der Waals surface area contributed by atoms with E-state index in [0.29, 0.717) is 17.7 Å². The number of halogens is 3. The van der Waals surface area contributed by atoms with E-state index in [-0.39, 0.29) is 35.3 Å². The first-order valence-electron chi connectivity index (χ1n) is 9.34. The van der Waals surface area contributed by atoms with Crippen LogP contribution in [0, 0.1) is 5.82 Å². The quantitative estimate of drug-likeness (QED) is 0.520. The molecule has 162 valence electrons. The standard InChI is InChI=1S/C22H20F3N3O3/c1-30-18-8-7-14(12-19(18)31-22(24)25)9-11-27-21(29)17-6-3-10-26-20(17)28-16-5-2-4-15(23)13-16/h2-8,10,12-13,22H,9,11H2,1H3,(H,26,28)(H,27,29). The lowest BCUT2D eigenvalue weighted by Gasteiger charge is -2.13. The molecule has 9 heteroatoms. The van der Waals surface area contributed by atoms with Crippen LogP contribution in [0.15, 0.2) is 60.8 Å². The Labute approximate surface area is 177 Å². The maximum Gasteiger partial charge on any atom is 0.387 e. The molecule has 0 aliphatic heterocycles. The van der Waals surface area contributed by atoms with Gasteiger partial charge in [-0.05, 0) is 54.4 Å². The summed E-state index contributed by atoms with van der Waals surface area (Å²) < 4.78 is 48.0. The summed E-state index contributed by atoms with van der Waals surface area (Å²) in [5.74, 6) is -0.402. The second-order valence-electron chi connectivity index (χ2n) is 6.40. The summed E-state index contributed by atoms with van der Waals surface area (Å²) in [6.07, 6.45) is 1.89. The molecule has 0 spiro atoms. The number of pyridine rings is 1. The molecule has 2 aromatic carbocycles. The van der Waals surface area contributed by atoms with Gasteiger partial charge in [-0.2, -0.15) is 8.78 Å². The first kappa shape index (κ1) is 21.9. The maximum atomic E-state index is 13.4. The molecule has 3 aromatic rings. The number of hydrogen-bond acceptors (Lipinski definition) is 5. The van der Waals surface area contributed by atoms with Gasteiger partial charge in [-0.15, -0.1) is 0 Å². The monoisotopic (exact) mass is 431 g/mol. The summed E-state index contributed by atoms with van der Waals surface area (Å²) in [6, 6.07) is 13.7. The van der Waals surface area contributed by atoms with Gasteiger partial charge in [-0.25, -0.2) is 9.37 Å². The van der Waals surface area contributed by atoms with Crippen molar-refractivity contribution in [2.45, 2.75) is 13.0 Å². The molecule has 1 amide bonds. The minimum Gasteiger partial charge on any atom is -0.493 e. The number of hydrogen-bond donors (Lipinski definition) is 2. The number of anilines is 2. The number of benzene rings is 2. The first-order chi connectivity index (χ1) is 15.0. The lowest BCUT2D eigenvalue weighted by Crippen LogP contribution is -2.26. The number of carbonyl (C=O) groups is 1. The SMILES string of the molecule is COc1ccc(CCNC(=O)c2cccnc2Nc2cccc(F)c2)cc1OC(F)F. The zero-order chi connectivity index (χ0) is 22.2. The van der Waals surface area contributed by atoms with Crippen LogP contribution in [0.25, 0.3) is 0 Å². The largest absolute Gasteiger partial charge is 0.493 e. The van der Waals surface area contributed by atoms with Crippen LogP contribution in [0.3, 0.4) is 0 Å². The van der Waals surface area contributed by atoms with Gasteiger partial charge in [0.25, 0.3) is 5.91 Å². The molecule has 1 aromatic heterocycles. The second-order valence-corrected chi connectivity index (χ2v) is 6.40. The predicted molar refractivity (Wildman–Crippen MR) is 110 cm³/mol. The second kappa shape index (κ2) is 10.3. The molecule has 0 saturated carbocycles. The molecule has 0 radical (unpaired) electrons. The predicted octanol–water partition coefficient (Wildman–Crippen LogP) is 4.55. The van der Waals surface area contributed by atoms with Crippen LogP contribution in [-0.2, 0) is 6.42 Å². The van der Waals surface area contributed by atoms with E-state index < -0.39 is 12.4 Å². The highest BCUT2D eigenvalue weighted by molar-refractivity contribution is 5.99. The molecule has 2 N–H and O–H groups in total. The Bertz CT molecular complexity index is 1050. The average molecular weight is 431 g/mol. The number of ether oxygens (including phenoxy) is 2. The van der Waals surface area contributed by atoms with E-state index >= 15 is 0 Å². The number of nitrogens with zero attached hydrogens (tertiary/aromatic N) is 1. The molecular formula is C22H20F3N3O3. The van der Waals surface area contributed by atoms with Crippen LogP contribution in [0.4, 0.5) is 24.7 Å². The average Bonchev–Trinajstić information content (AvgIpc) is 2.74. The summed E-state index contributed by atoms with van der Waals surface area (Å²) >= 11 is 0. The van der Waals surface area contributed by atoms with Gasteiger partial charge < -0.3 is 20.1 Å². The smallest absolute Gasteiger partial charge is 0.387 e. The minimum absolute atomic E-state index is 0.0739. The van der Waals surface area contributed by atoms with Crippen molar-refractivity contribution >= 4 is 17.4 Å². The Morgan fingerprint density at radius 2 is 1.94 bits per heavy atom. The summed E-state index contributed by atoms with van der Waals surface area (Å²) in [5.41, 5.74) is 1.42. The molecule has 3 rings (SSSR count). The van der Waals surface area contributed by atoms with Crippen molar-refractivity contribution < 1.29 is 27.4 Å². The summed E-state index contributed by atoms with van der Waals surface area (Å²) in [4.78, 5) is 16.8. The van der Waals surface area contributed by atoms with E-state index in [1.54, 1.807) is 30.3 Å². The summed E-state index contributed by atoms with van der Waals surface area (Å²) in [7, 11) is 1.36. The van der Waals surface area contributed by atoms with E-state index in [4.69, 9.17) is 4.74 Å². The highest BCUT2D eigenvalue weighted by Gasteiger charge is 2.14. The van der Waals surface area contributed by atoms with Gasteiger partial charge >= 0.3 is 6.61 Å². The van der Waals surface area contributed by atoms with Gasteiger partial charge in [0.05, 0.1) is 12.7 Å². The van der Waals surface area contributed by atoms with Crippen LogP contribution in [0.1, 0.15) is 15.9 Å². The maximum absolute atomic E-state index is 13.4. The third-order valence-corrected chi connectivity index (χ3v) is 4.28. The minimum atomic E-state index is -2.97. The highest BCUT2D eigenvalue weighted by atomic mass is 19.3. The van der Waals surface area contributed by atoms with Crippen molar-refractivity contribution in [2.24, 2.45) is 0 Å². The Hall–Kier alpha value is -3.75. The first-order valence-corrected chi connectivity index (χ1v) is 9.34. The normalized spacial score (nSPS) is 10.6.